The lowest BCUT2D eigenvalue weighted by molar-refractivity contribution is -0.274. The van der Waals surface area contributed by atoms with Crippen molar-refractivity contribution in [2.24, 2.45) is 0 Å². The van der Waals surface area contributed by atoms with Gasteiger partial charge >= 0.3 is 6.36 Å². The first-order valence-corrected chi connectivity index (χ1v) is 8.97. The standard InChI is InChI=1S/C17H12F3NO2S2/c18-17(19,20)23-13-5-3-11(4-6-13)16(22)21-15(12-7-9-24-10-12)14-2-1-8-25-14/h1-10,15H,(H,21,22)/t15-/m0/s1. The third-order valence-electron chi connectivity index (χ3n) is 3.33. The van der Waals surface area contributed by atoms with Crippen LogP contribution in [0.15, 0.2) is 58.6 Å². The summed E-state index contributed by atoms with van der Waals surface area (Å²) in [6.45, 7) is 0. The van der Waals surface area contributed by atoms with Gasteiger partial charge in [-0.1, -0.05) is 6.07 Å². The van der Waals surface area contributed by atoms with Crippen LogP contribution in [0, 0.1) is 0 Å². The van der Waals surface area contributed by atoms with Crippen molar-refractivity contribution in [3.05, 3.63) is 74.6 Å². The van der Waals surface area contributed by atoms with Gasteiger partial charge in [0.2, 0.25) is 0 Å². The number of rotatable bonds is 5. The molecule has 8 heteroatoms. The molecule has 3 aromatic rings. The molecule has 3 nitrogen and oxygen atoms in total. The predicted molar refractivity (Wildman–Crippen MR) is 91.1 cm³/mol. The van der Waals surface area contributed by atoms with Crippen molar-refractivity contribution in [2.75, 3.05) is 0 Å². The Bertz CT molecular complexity index is 778. The van der Waals surface area contributed by atoms with Crippen LogP contribution in [-0.2, 0) is 0 Å². The number of amides is 1. The van der Waals surface area contributed by atoms with Crippen molar-refractivity contribution < 1.29 is 22.7 Å². The summed E-state index contributed by atoms with van der Waals surface area (Å²) in [7, 11) is 0. The van der Waals surface area contributed by atoms with E-state index in [1.807, 2.05) is 34.3 Å². The van der Waals surface area contributed by atoms with Crippen molar-refractivity contribution in [2.45, 2.75) is 12.4 Å². The highest BCUT2D eigenvalue weighted by molar-refractivity contribution is 7.10. The molecule has 0 aliphatic rings. The molecule has 0 unspecified atom stereocenters. The van der Waals surface area contributed by atoms with E-state index in [0.717, 1.165) is 22.6 Å². The molecule has 3 rings (SSSR count). The molecule has 0 radical (unpaired) electrons. The van der Waals surface area contributed by atoms with Gasteiger partial charge in [0.1, 0.15) is 5.75 Å². The predicted octanol–water partition coefficient (Wildman–Crippen LogP) is 5.23. The number of alkyl halides is 3. The minimum atomic E-state index is -4.76. The van der Waals surface area contributed by atoms with Crippen molar-refractivity contribution >= 4 is 28.6 Å². The summed E-state index contributed by atoms with van der Waals surface area (Å²) >= 11 is 3.05. The molecular formula is C17H12F3NO2S2. The lowest BCUT2D eigenvalue weighted by Gasteiger charge is -2.17. The Kier molecular flexibility index (Phi) is 5.10. The van der Waals surface area contributed by atoms with E-state index in [0.29, 0.717) is 0 Å². The molecule has 0 saturated carbocycles. The van der Waals surface area contributed by atoms with E-state index in [1.54, 1.807) is 0 Å². The highest BCUT2D eigenvalue weighted by Gasteiger charge is 2.31. The highest BCUT2D eigenvalue weighted by Crippen LogP contribution is 2.28. The second-order valence-electron chi connectivity index (χ2n) is 5.05. The quantitative estimate of drug-likeness (QED) is 0.655. The van der Waals surface area contributed by atoms with Gasteiger partial charge in [-0.05, 0) is 58.1 Å². The zero-order chi connectivity index (χ0) is 17.9. The SMILES string of the molecule is O=C(N[C@@H](c1ccsc1)c1cccs1)c1ccc(OC(F)(F)F)cc1. The summed E-state index contributed by atoms with van der Waals surface area (Å²) in [6, 6.07) is 10.3. The number of carbonyl (C=O) groups excluding carboxylic acids is 1. The number of halogens is 3. The van der Waals surface area contributed by atoms with Gasteiger partial charge in [0.25, 0.3) is 5.91 Å². The van der Waals surface area contributed by atoms with Crippen LogP contribution in [-0.4, -0.2) is 12.3 Å². The maximum Gasteiger partial charge on any atom is 0.573 e. The third kappa shape index (κ3) is 4.61. The van der Waals surface area contributed by atoms with Gasteiger partial charge in [0.15, 0.2) is 0 Å². The van der Waals surface area contributed by atoms with Crippen LogP contribution in [0.25, 0.3) is 0 Å². The Hall–Kier alpha value is -2.32. The third-order valence-corrected chi connectivity index (χ3v) is 4.97. The number of hydrogen-bond acceptors (Lipinski definition) is 4. The minimum absolute atomic E-state index is 0.256. The molecule has 0 spiro atoms. The largest absolute Gasteiger partial charge is 0.573 e. The summed E-state index contributed by atoms with van der Waals surface area (Å²) in [4.78, 5) is 13.5. The number of thiophene rings is 2. The molecule has 130 valence electrons. The fourth-order valence-electron chi connectivity index (χ4n) is 2.24. The zero-order valence-corrected chi connectivity index (χ0v) is 14.3. The second-order valence-corrected chi connectivity index (χ2v) is 6.81. The molecule has 1 aromatic carbocycles. The summed E-state index contributed by atoms with van der Waals surface area (Å²) < 4.78 is 40.4. The van der Waals surface area contributed by atoms with Crippen LogP contribution in [0.3, 0.4) is 0 Å². The average Bonchev–Trinajstić information content (AvgIpc) is 3.25. The van der Waals surface area contributed by atoms with E-state index in [2.05, 4.69) is 10.1 Å². The topological polar surface area (TPSA) is 38.3 Å². The Labute approximate surface area is 149 Å². The fourth-order valence-corrected chi connectivity index (χ4v) is 3.72. The lowest BCUT2D eigenvalue weighted by atomic mass is 10.1. The molecule has 0 saturated heterocycles. The van der Waals surface area contributed by atoms with E-state index in [4.69, 9.17) is 0 Å². The van der Waals surface area contributed by atoms with Crippen LogP contribution in [0.1, 0.15) is 26.8 Å². The van der Waals surface area contributed by atoms with Crippen LogP contribution in [0.5, 0.6) is 5.75 Å². The zero-order valence-electron chi connectivity index (χ0n) is 12.6. The molecule has 1 N–H and O–H groups in total. The van der Waals surface area contributed by atoms with Crippen LogP contribution < -0.4 is 10.1 Å². The smallest absolute Gasteiger partial charge is 0.406 e. The summed E-state index contributed by atoms with van der Waals surface area (Å²) in [6.07, 6.45) is -4.76. The highest BCUT2D eigenvalue weighted by atomic mass is 32.1. The molecule has 0 aliphatic carbocycles. The molecule has 0 aliphatic heterocycles. The van der Waals surface area contributed by atoms with Crippen molar-refractivity contribution in [1.82, 2.24) is 5.32 Å². The number of ether oxygens (including phenoxy) is 1. The lowest BCUT2D eigenvalue weighted by Crippen LogP contribution is -2.28. The van der Waals surface area contributed by atoms with Gasteiger partial charge < -0.3 is 10.1 Å². The first-order valence-electron chi connectivity index (χ1n) is 7.14. The average molecular weight is 383 g/mol. The Morgan fingerprint density at radius 3 is 2.40 bits per heavy atom. The second kappa shape index (κ2) is 7.28. The number of carbonyl (C=O) groups is 1. The molecule has 0 bridgehead atoms. The molecule has 1 atom stereocenters. The Morgan fingerprint density at radius 2 is 1.84 bits per heavy atom. The van der Waals surface area contributed by atoms with E-state index < -0.39 is 6.36 Å². The number of benzene rings is 1. The molecule has 0 fully saturated rings. The van der Waals surface area contributed by atoms with Gasteiger partial charge in [0.05, 0.1) is 6.04 Å². The van der Waals surface area contributed by atoms with E-state index in [9.17, 15) is 18.0 Å². The van der Waals surface area contributed by atoms with Crippen molar-refractivity contribution in [3.8, 4) is 5.75 Å². The maximum absolute atomic E-state index is 12.5. The molecule has 25 heavy (non-hydrogen) atoms. The Balaban J connectivity index is 1.76. The molecule has 2 aromatic heterocycles. The van der Waals surface area contributed by atoms with Gasteiger partial charge in [-0.3, -0.25) is 4.79 Å². The van der Waals surface area contributed by atoms with Crippen LogP contribution in [0.4, 0.5) is 13.2 Å². The van der Waals surface area contributed by atoms with Crippen LogP contribution in [0.2, 0.25) is 0 Å². The monoisotopic (exact) mass is 383 g/mol. The van der Waals surface area contributed by atoms with Crippen molar-refractivity contribution in [1.29, 1.82) is 0 Å². The number of nitrogens with one attached hydrogen (secondary N) is 1. The van der Waals surface area contributed by atoms with Crippen LogP contribution >= 0.6 is 22.7 Å². The maximum atomic E-state index is 12.5. The van der Waals surface area contributed by atoms with E-state index in [-0.39, 0.29) is 23.3 Å². The van der Waals surface area contributed by atoms with Gasteiger partial charge in [-0.2, -0.15) is 11.3 Å². The molecular weight excluding hydrogens is 371 g/mol. The van der Waals surface area contributed by atoms with Gasteiger partial charge in [-0.15, -0.1) is 24.5 Å². The first kappa shape index (κ1) is 17.5. The molecule has 2 heterocycles. The van der Waals surface area contributed by atoms with Gasteiger partial charge in [0, 0.05) is 10.4 Å². The minimum Gasteiger partial charge on any atom is -0.406 e. The molecule has 1 amide bonds. The van der Waals surface area contributed by atoms with E-state index >= 15 is 0 Å². The van der Waals surface area contributed by atoms with Crippen molar-refractivity contribution in [3.63, 3.8) is 0 Å². The summed E-state index contributed by atoms with van der Waals surface area (Å²) in [5, 5.41) is 8.71. The summed E-state index contributed by atoms with van der Waals surface area (Å²) in [5.41, 5.74) is 1.21. The normalized spacial score (nSPS) is 12.6. The van der Waals surface area contributed by atoms with Gasteiger partial charge in [-0.25, -0.2) is 0 Å². The number of hydrogen-bond donors (Lipinski definition) is 1. The fraction of sp³-hybridized carbons (Fsp3) is 0.118. The first-order chi connectivity index (χ1) is 11.9. The Morgan fingerprint density at radius 1 is 1.08 bits per heavy atom. The van der Waals surface area contributed by atoms with E-state index in [1.165, 1.54) is 34.8 Å². The summed E-state index contributed by atoms with van der Waals surface area (Å²) in [5.74, 6) is -0.736.